The van der Waals surface area contributed by atoms with E-state index in [1.165, 1.54) is 4.90 Å². The van der Waals surface area contributed by atoms with Crippen LogP contribution in [0.3, 0.4) is 0 Å². The van der Waals surface area contributed by atoms with Gasteiger partial charge in [-0.15, -0.1) is 0 Å². The number of rotatable bonds is 4. The third-order valence-electron chi connectivity index (χ3n) is 4.54. The number of aliphatic hydroxyl groups excluding tert-OH is 1. The summed E-state index contributed by atoms with van der Waals surface area (Å²) in [7, 11) is 0. The maximum atomic E-state index is 12.3. The standard InChI is InChI=1S/C13H21NO3/c1-3-13(2,7-8-15)14-11(16)9-5-4-6-10(9)12(14)17/h9-10,15H,3-8H2,1-2H3. The molecule has 0 bridgehead atoms. The van der Waals surface area contributed by atoms with Crippen LogP contribution in [0.15, 0.2) is 0 Å². The summed E-state index contributed by atoms with van der Waals surface area (Å²) in [6.45, 7) is 3.88. The Labute approximate surface area is 102 Å². The van der Waals surface area contributed by atoms with Crippen molar-refractivity contribution >= 4 is 11.8 Å². The molecule has 3 atom stereocenters. The fourth-order valence-corrected chi connectivity index (χ4v) is 3.21. The molecule has 3 unspecified atom stereocenters. The number of carbonyl (C=O) groups is 2. The highest BCUT2D eigenvalue weighted by Gasteiger charge is 2.54. The Hall–Kier alpha value is -0.900. The highest BCUT2D eigenvalue weighted by atomic mass is 16.3. The van der Waals surface area contributed by atoms with Crippen molar-refractivity contribution in [1.82, 2.24) is 4.90 Å². The summed E-state index contributed by atoms with van der Waals surface area (Å²) in [5.74, 6) is -0.162. The average molecular weight is 239 g/mol. The van der Waals surface area contributed by atoms with Gasteiger partial charge >= 0.3 is 0 Å². The first-order valence-electron chi connectivity index (χ1n) is 6.54. The van der Waals surface area contributed by atoms with Crippen LogP contribution in [0.25, 0.3) is 0 Å². The number of hydrogen-bond acceptors (Lipinski definition) is 3. The predicted molar refractivity (Wildman–Crippen MR) is 63.1 cm³/mol. The Kier molecular flexibility index (Phi) is 3.25. The molecule has 1 aliphatic carbocycles. The summed E-state index contributed by atoms with van der Waals surface area (Å²) in [6, 6.07) is 0. The van der Waals surface area contributed by atoms with E-state index in [-0.39, 0.29) is 30.3 Å². The van der Waals surface area contributed by atoms with E-state index in [0.717, 1.165) is 19.3 Å². The molecule has 0 aromatic heterocycles. The van der Waals surface area contributed by atoms with Crippen LogP contribution in [0, 0.1) is 11.8 Å². The van der Waals surface area contributed by atoms with Gasteiger partial charge in [0.25, 0.3) is 0 Å². The van der Waals surface area contributed by atoms with E-state index >= 15 is 0 Å². The molecule has 0 aromatic carbocycles. The molecular formula is C13H21NO3. The molecule has 1 saturated heterocycles. The van der Waals surface area contributed by atoms with E-state index in [4.69, 9.17) is 5.11 Å². The zero-order chi connectivity index (χ0) is 12.6. The van der Waals surface area contributed by atoms with Crippen molar-refractivity contribution in [2.24, 2.45) is 11.8 Å². The zero-order valence-corrected chi connectivity index (χ0v) is 10.6. The number of imide groups is 1. The lowest BCUT2D eigenvalue weighted by atomic mass is 9.92. The molecule has 0 spiro atoms. The molecule has 1 N–H and O–H groups in total. The number of amides is 2. The highest BCUT2D eigenvalue weighted by molar-refractivity contribution is 6.06. The maximum Gasteiger partial charge on any atom is 0.233 e. The molecule has 1 heterocycles. The summed E-state index contributed by atoms with van der Waals surface area (Å²) in [5.41, 5.74) is -0.507. The van der Waals surface area contributed by atoms with Gasteiger partial charge in [-0.2, -0.15) is 0 Å². The smallest absolute Gasteiger partial charge is 0.233 e. The first-order valence-corrected chi connectivity index (χ1v) is 6.54. The topological polar surface area (TPSA) is 57.6 Å². The third-order valence-corrected chi connectivity index (χ3v) is 4.54. The molecule has 4 nitrogen and oxygen atoms in total. The minimum Gasteiger partial charge on any atom is -0.396 e. The molecule has 2 fully saturated rings. The number of fused-ring (bicyclic) bond motifs is 1. The highest BCUT2D eigenvalue weighted by Crippen LogP contribution is 2.43. The third kappa shape index (κ3) is 1.79. The Balaban J connectivity index is 2.27. The molecular weight excluding hydrogens is 218 g/mol. The Bertz CT molecular complexity index is 320. The van der Waals surface area contributed by atoms with E-state index in [0.29, 0.717) is 12.8 Å². The lowest BCUT2D eigenvalue weighted by Crippen LogP contribution is -2.50. The quantitative estimate of drug-likeness (QED) is 0.753. The van der Waals surface area contributed by atoms with Crippen molar-refractivity contribution in [2.75, 3.05) is 6.61 Å². The second-order valence-electron chi connectivity index (χ2n) is 5.48. The van der Waals surface area contributed by atoms with Crippen LogP contribution in [0.4, 0.5) is 0 Å². The summed E-state index contributed by atoms with van der Waals surface area (Å²) in [5, 5.41) is 9.12. The largest absolute Gasteiger partial charge is 0.396 e. The van der Waals surface area contributed by atoms with Gasteiger partial charge in [0.1, 0.15) is 0 Å². The van der Waals surface area contributed by atoms with Gasteiger partial charge in [-0.25, -0.2) is 0 Å². The van der Waals surface area contributed by atoms with Crippen LogP contribution in [-0.2, 0) is 9.59 Å². The number of nitrogens with zero attached hydrogens (tertiary/aromatic N) is 1. The van der Waals surface area contributed by atoms with E-state index in [2.05, 4.69) is 0 Å². The minimum absolute atomic E-state index is 0.00435. The van der Waals surface area contributed by atoms with E-state index < -0.39 is 5.54 Å². The van der Waals surface area contributed by atoms with Crippen molar-refractivity contribution in [2.45, 2.75) is 51.5 Å². The Morgan fingerprint density at radius 1 is 1.29 bits per heavy atom. The first kappa shape index (κ1) is 12.6. The van der Waals surface area contributed by atoms with Crippen LogP contribution in [0.2, 0.25) is 0 Å². The van der Waals surface area contributed by atoms with E-state index in [1.54, 1.807) is 0 Å². The van der Waals surface area contributed by atoms with Gasteiger partial charge in [-0.3, -0.25) is 14.5 Å². The van der Waals surface area contributed by atoms with Crippen molar-refractivity contribution in [3.05, 3.63) is 0 Å². The van der Waals surface area contributed by atoms with Crippen molar-refractivity contribution in [3.63, 3.8) is 0 Å². The normalized spacial score (nSPS) is 31.8. The maximum absolute atomic E-state index is 12.3. The van der Waals surface area contributed by atoms with Gasteiger partial charge < -0.3 is 5.11 Å². The number of aliphatic hydroxyl groups is 1. The molecule has 1 aliphatic heterocycles. The number of hydrogen-bond donors (Lipinski definition) is 1. The fourth-order valence-electron chi connectivity index (χ4n) is 3.21. The minimum atomic E-state index is -0.507. The van der Waals surface area contributed by atoms with Gasteiger partial charge in [-0.1, -0.05) is 13.3 Å². The summed E-state index contributed by atoms with van der Waals surface area (Å²) < 4.78 is 0. The van der Waals surface area contributed by atoms with E-state index in [9.17, 15) is 9.59 Å². The van der Waals surface area contributed by atoms with Gasteiger partial charge in [0.05, 0.1) is 11.8 Å². The molecule has 4 heteroatoms. The summed E-state index contributed by atoms with van der Waals surface area (Å²) in [4.78, 5) is 26.1. The van der Waals surface area contributed by atoms with Crippen molar-refractivity contribution in [3.8, 4) is 0 Å². The molecule has 1 saturated carbocycles. The van der Waals surface area contributed by atoms with Gasteiger partial charge in [0.15, 0.2) is 0 Å². The molecule has 2 rings (SSSR count). The Morgan fingerprint density at radius 3 is 2.24 bits per heavy atom. The molecule has 96 valence electrons. The van der Waals surface area contributed by atoms with Crippen molar-refractivity contribution in [1.29, 1.82) is 0 Å². The van der Waals surface area contributed by atoms with Gasteiger partial charge in [0, 0.05) is 12.1 Å². The van der Waals surface area contributed by atoms with Crippen LogP contribution in [0.5, 0.6) is 0 Å². The molecule has 2 aliphatic rings. The van der Waals surface area contributed by atoms with Crippen LogP contribution >= 0.6 is 0 Å². The molecule has 2 amide bonds. The van der Waals surface area contributed by atoms with Crippen LogP contribution in [-0.4, -0.2) is 34.0 Å². The molecule has 17 heavy (non-hydrogen) atoms. The lowest BCUT2D eigenvalue weighted by Gasteiger charge is -2.37. The zero-order valence-electron chi connectivity index (χ0n) is 10.6. The average Bonchev–Trinajstić information content (AvgIpc) is 2.85. The number of likely N-dealkylation sites (tertiary alicyclic amines) is 1. The van der Waals surface area contributed by atoms with Crippen LogP contribution < -0.4 is 0 Å². The van der Waals surface area contributed by atoms with Crippen LogP contribution in [0.1, 0.15) is 46.0 Å². The second kappa shape index (κ2) is 4.41. The summed E-state index contributed by atoms with van der Waals surface area (Å²) in [6.07, 6.45) is 3.86. The molecule has 0 aromatic rings. The molecule has 0 radical (unpaired) electrons. The second-order valence-corrected chi connectivity index (χ2v) is 5.48. The number of carbonyl (C=O) groups excluding carboxylic acids is 2. The summed E-state index contributed by atoms with van der Waals surface area (Å²) >= 11 is 0. The lowest BCUT2D eigenvalue weighted by molar-refractivity contribution is -0.148. The van der Waals surface area contributed by atoms with Gasteiger partial charge in [-0.05, 0) is 32.6 Å². The monoisotopic (exact) mass is 239 g/mol. The van der Waals surface area contributed by atoms with Gasteiger partial charge in [0.2, 0.25) is 11.8 Å². The van der Waals surface area contributed by atoms with E-state index in [1.807, 2.05) is 13.8 Å². The predicted octanol–water partition coefficient (Wildman–Crippen LogP) is 1.32. The SMILES string of the molecule is CCC(C)(CCO)N1C(=O)C2CCCC2C1=O. The van der Waals surface area contributed by atoms with Crippen molar-refractivity contribution < 1.29 is 14.7 Å². The fraction of sp³-hybridized carbons (Fsp3) is 0.846. The first-order chi connectivity index (χ1) is 8.05. The Morgan fingerprint density at radius 2 is 1.82 bits per heavy atom.